The Balaban J connectivity index is 2.03. The minimum Gasteiger partial charge on any atom is -0.387 e. The van der Waals surface area contributed by atoms with E-state index < -0.39 is 27.9 Å². The van der Waals surface area contributed by atoms with Gasteiger partial charge in [0.2, 0.25) is 10.0 Å². The van der Waals surface area contributed by atoms with Gasteiger partial charge in [0.25, 0.3) is 0 Å². The van der Waals surface area contributed by atoms with Gasteiger partial charge in [-0.2, -0.15) is 13.2 Å². The molecule has 0 aliphatic heterocycles. The average Bonchev–Trinajstić information content (AvgIpc) is 2.91. The van der Waals surface area contributed by atoms with Crippen LogP contribution in [-0.2, 0) is 16.2 Å². The molecule has 4 nitrogen and oxygen atoms in total. The van der Waals surface area contributed by atoms with Crippen LogP contribution in [0.3, 0.4) is 0 Å². The minimum atomic E-state index is -4.46. The van der Waals surface area contributed by atoms with Crippen LogP contribution in [0.1, 0.15) is 17.2 Å². The van der Waals surface area contributed by atoms with Crippen molar-refractivity contribution in [3.05, 3.63) is 51.3 Å². The number of benzene rings is 1. The molecule has 0 fully saturated rings. The second kappa shape index (κ2) is 6.89. The molecule has 0 spiro atoms. The van der Waals surface area contributed by atoms with E-state index in [1.54, 1.807) is 6.07 Å². The van der Waals surface area contributed by atoms with Crippen molar-refractivity contribution in [2.45, 2.75) is 16.5 Å². The summed E-state index contributed by atoms with van der Waals surface area (Å²) in [7, 11) is -3.78. The lowest BCUT2D eigenvalue weighted by Gasteiger charge is -2.13. The first-order valence-electron chi connectivity index (χ1n) is 6.20. The lowest BCUT2D eigenvalue weighted by Crippen LogP contribution is -2.28. The molecule has 0 bridgehead atoms. The van der Waals surface area contributed by atoms with Gasteiger partial charge in [-0.15, -0.1) is 11.3 Å². The molecule has 0 saturated carbocycles. The molecule has 0 aliphatic carbocycles. The second-order valence-corrected chi connectivity index (χ2v) is 9.00. The molecule has 1 aromatic carbocycles. The van der Waals surface area contributed by atoms with Crippen molar-refractivity contribution in [1.82, 2.24) is 4.72 Å². The third kappa shape index (κ3) is 4.77. The zero-order chi connectivity index (χ0) is 17.3. The third-order valence-corrected chi connectivity index (χ3v) is 6.44. The second-order valence-electron chi connectivity index (χ2n) is 4.55. The Kier molecular flexibility index (Phi) is 5.52. The van der Waals surface area contributed by atoms with E-state index in [-0.39, 0.29) is 16.3 Å². The number of hydrogen-bond acceptors (Lipinski definition) is 4. The topological polar surface area (TPSA) is 66.4 Å². The van der Waals surface area contributed by atoms with Gasteiger partial charge in [0, 0.05) is 6.54 Å². The summed E-state index contributed by atoms with van der Waals surface area (Å²) in [5.74, 6) is 0. The predicted octanol–water partition coefficient (Wildman–Crippen LogP) is 3.54. The number of thiophene rings is 1. The van der Waals surface area contributed by atoms with Crippen molar-refractivity contribution in [2.75, 3.05) is 6.54 Å². The largest absolute Gasteiger partial charge is 0.416 e. The van der Waals surface area contributed by atoms with E-state index in [9.17, 15) is 26.7 Å². The SMILES string of the molecule is O=S(=O)(NCC(O)c1ccc(C(F)(F)F)cc1)c1ccc(Br)s1. The molecule has 10 heteroatoms. The first-order chi connectivity index (χ1) is 10.6. The Labute approximate surface area is 143 Å². The highest BCUT2D eigenvalue weighted by Crippen LogP contribution is 2.30. The van der Waals surface area contributed by atoms with Crippen molar-refractivity contribution in [2.24, 2.45) is 0 Å². The summed E-state index contributed by atoms with van der Waals surface area (Å²) in [5.41, 5.74) is -0.648. The molecule has 1 atom stereocenters. The lowest BCUT2D eigenvalue weighted by molar-refractivity contribution is -0.137. The monoisotopic (exact) mass is 429 g/mol. The standard InChI is InChI=1S/C13H11BrF3NO3S2/c14-11-5-6-12(22-11)23(20,21)18-7-10(19)8-1-3-9(4-2-8)13(15,16)17/h1-6,10,18-19H,7H2. The van der Waals surface area contributed by atoms with E-state index in [2.05, 4.69) is 20.7 Å². The van der Waals surface area contributed by atoms with Crippen LogP contribution in [0.4, 0.5) is 13.2 Å². The highest BCUT2D eigenvalue weighted by atomic mass is 79.9. The summed E-state index contributed by atoms with van der Waals surface area (Å²) < 4.78 is 64.3. The van der Waals surface area contributed by atoms with Crippen molar-refractivity contribution in [3.8, 4) is 0 Å². The predicted molar refractivity (Wildman–Crippen MR) is 83.6 cm³/mol. The maximum atomic E-state index is 12.5. The minimum absolute atomic E-state index is 0.0731. The molecule has 0 aliphatic rings. The molecular weight excluding hydrogens is 419 g/mol. The number of rotatable bonds is 5. The summed E-state index contributed by atoms with van der Waals surface area (Å²) in [6, 6.07) is 6.88. The smallest absolute Gasteiger partial charge is 0.387 e. The van der Waals surface area contributed by atoms with Crippen LogP contribution >= 0.6 is 27.3 Å². The summed E-state index contributed by atoms with van der Waals surface area (Å²) in [5, 5.41) is 9.92. The molecule has 0 radical (unpaired) electrons. The van der Waals surface area contributed by atoms with Gasteiger partial charge in [0.05, 0.1) is 15.5 Å². The van der Waals surface area contributed by atoms with E-state index in [4.69, 9.17) is 0 Å². The first-order valence-corrected chi connectivity index (χ1v) is 9.29. The van der Waals surface area contributed by atoms with Crippen molar-refractivity contribution >= 4 is 37.3 Å². The number of hydrogen-bond donors (Lipinski definition) is 2. The van der Waals surface area contributed by atoms with E-state index >= 15 is 0 Å². The van der Waals surface area contributed by atoms with Crippen molar-refractivity contribution < 1.29 is 26.7 Å². The highest BCUT2D eigenvalue weighted by Gasteiger charge is 2.30. The van der Waals surface area contributed by atoms with Crippen LogP contribution in [0.25, 0.3) is 0 Å². The molecule has 0 amide bonds. The van der Waals surface area contributed by atoms with Crippen molar-refractivity contribution in [3.63, 3.8) is 0 Å². The summed E-state index contributed by atoms with van der Waals surface area (Å²) in [6.45, 7) is -0.344. The van der Waals surface area contributed by atoms with Crippen LogP contribution in [0.15, 0.2) is 44.4 Å². The Morgan fingerprint density at radius 1 is 1.17 bits per heavy atom. The fraction of sp³-hybridized carbons (Fsp3) is 0.231. The number of aliphatic hydroxyl groups excluding tert-OH is 1. The van der Waals surface area contributed by atoms with Gasteiger partial charge >= 0.3 is 6.18 Å². The highest BCUT2D eigenvalue weighted by molar-refractivity contribution is 9.11. The molecule has 126 valence electrons. The molecule has 1 aromatic heterocycles. The van der Waals surface area contributed by atoms with Crippen LogP contribution in [-0.4, -0.2) is 20.1 Å². The van der Waals surface area contributed by atoms with E-state index in [0.29, 0.717) is 3.79 Å². The summed E-state index contributed by atoms with van der Waals surface area (Å²) in [6.07, 6.45) is -5.71. The zero-order valence-corrected chi connectivity index (χ0v) is 14.6. The van der Waals surface area contributed by atoms with Crippen molar-refractivity contribution in [1.29, 1.82) is 0 Å². The maximum Gasteiger partial charge on any atom is 0.416 e. The lowest BCUT2D eigenvalue weighted by atomic mass is 10.1. The number of halogens is 4. The van der Waals surface area contributed by atoms with Gasteiger partial charge in [0.1, 0.15) is 4.21 Å². The molecule has 1 unspecified atom stereocenters. The van der Waals surface area contributed by atoms with Gasteiger partial charge in [-0.05, 0) is 45.8 Å². The molecule has 2 rings (SSSR count). The quantitative estimate of drug-likeness (QED) is 0.763. The number of nitrogens with one attached hydrogen (secondary N) is 1. The third-order valence-electron chi connectivity index (χ3n) is 2.90. The fourth-order valence-corrected chi connectivity index (χ4v) is 4.81. The van der Waals surface area contributed by atoms with Gasteiger partial charge in [-0.3, -0.25) is 0 Å². The molecular formula is C13H11BrF3NO3S2. The van der Waals surface area contributed by atoms with Crippen LogP contribution in [0.2, 0.25) is 0 Å². The molecule has 23 heavy (non-hydrogen) atoms. The number of sulfonamides is 1. The maximum absolute atomic E-state index is 12.5. The number of aliphatic hydroxyl groups is 1. The fourth-order valence-electron chi connectivity index (χ4n) is 1.71. The Bertz CT molecular complexity index is 773. The van der Waals surface area contributed by atoms with Gasteiger partial charge in [0.15, 0.2) is 0 Å². The number of alkyl halides is 3. The normalized spacial score (nSPS) is 14.0. The average molecular weight is 430 g/mol. The first kappa shape index (κ1) is 18.4. The van der Waals surface area contributed by atoms with Crippen LogP contribution in [0, 0.1) is 0 Å². The summed E-state index contributed by atoms with van der Waals surface area (Å²) >= 11 is 4.16. The van der Waals surface area contributed by atoms with Gasteiger partial charge in [-0.1, -0.05) is 12.1 Å². The summed E-state index contributed by atoms with van der Waals surface area (Å²) in [4.78, 5) is 0. The Hall–Kier alpha value is -0.940. The van der Waals surface area contributed by atoms with Gasteiger partial charge < -0.3 is 5.11 Å². The Morgan fingerprint density at radius 2 is 1.78 bits per heavy atom. The van der Waals surface area contributed by atoms with Gasteiger partial charge in [-0.25, -0.2) is 13.1 Å². The van der Waals surface area contributed by atoms with E-state index in [1.165, 1.54) is 6.07 Å². The van der Waals surface area contributed by atoms with E-state index in [0.717, 1.165) is 35.6 Å². The van der Waals surface area contributed by atoms with Crippen LogP contribution < -0.4 is 4.72 Å². The molecule has 2 N–H and O–H groups in total. The zero-order valence-electron chi connectivity index (χ0n) is 11.3. The molecule has 2 aromatic rings. The molecule has 1 heterocycles. The Morgan fingerprint density at radius 3 is 2.26 bits per heavy atom. The van der Waals surface area contributed by atoms with E-state index in [1.807, 2.05) is 0 Å². The van der Waals surface area contributed by atoms with Crippen LogP contribution in [0.5, 0.6) is 0 Å². The molecule has 0 saturated heterocycles.